The Labute approximate surface area is 151 Å². The maximum absolute atomic E-state index is 10.4. The molecule has 0 saturated carbocycles. The first kappa shape index (κ1) is 17.8. The molecule has 1 N–H and O–H groups in total. The summed E-state index contributed by atoms with van der Waals surface area (Å²) in [6, 6.07) is 19.3. The molecular weight excluding hydrogens is 367 g/mol. The van der Waals surface area contributed by atoms with Crippen molar-refractivity contribution >= 4 is 24.8 Å². The van der Waals surface area contributed by atoms with E-state index in [0.717, 1.165) is 11.1 Å². The third-order valence-electron chi connectivity index (χ3n) is 3.07. The molecule has 0 aliphatic carbocycles. The van der Waals surface area contributed by atoms with Gasteiger partial charge in [0.05, 0.1) is 6.21 Å². The first-order valence-electron chi connectivity index (χ1n) is 6.77. The Balaban J connectivity index is 0.000000595. The molecule has 0 fully saturated rings. The van der Waals surface area contributed by atoms with Crippen molar-refractivity contribution in [3.05, 3.63) is 78.6 Å². The minimum absolute atomic E-state index is 0.245. The molecule has 0 spiro atoms. The second-order valence-corrected chi connectivity index (χ2v) is 7.07. The number of nitrogens with zero attached hydrogens (tertiary/aromatic N) is 2. The van der Waals surface area contributed by atoms with E-state index >= 15 is 0 Å². The Morgan fingerprint density at radius 3 is 2.22 bits per heavy atom. The van der Waals surface area contributed by atoms with Crippen molar-refractivity contribution in [2.45, 2.75) is 0 Å². The van der Waals surface area contributed by atoms with Crippen molar-refractivity contribution in [3.8, 4) is 16.9 Å². The van der Waals surface area contributed by atoms with Crippen LogP contribution in [0.15, 0.2) is 78.2 Å². The molecule has 0 bridgehead atoms. The van der Waals surface area contributed by atoms with Gasteiger partial charge in [-0.2, -0.15) is 5.10 Å². The molecule has 0 saturated heterocycles. The van der Waals surface area contributed by atoms with Crippen molar-refractivity contribution in [3.63, 3.8) is 0 Å². The fourth-order valence-corrected chi connectivity index (χ4v) is 2.05. The van der Waals surface area contributed by atoms with Gasteiger partial charge >= 0.3 is 35.6 Å². The summed E-state index contributed by atoms with van der Waals surface area (Å²) in [5.41, 5.74) is 2.49. The number of phenolic OH excluding ortho intramolecular Hbond substituents is 1. The molecule has 0 unspecified atom stereocenters. The molecule has 23 heavy (non-hydrogen) atoms. The molecule has 1 heterocycles. The molecule has 0 aliphatic heterocycles. The summed E-state index contributed by atoms with van der Waals surface area (Å²) in [6.45, 7) is 0. The third-order valence-corrected chi connectivity index (χ3v) is 3.07. The second-order valence-electron chi connectivity index (χ2n) is 4.49. The van der Waals surface area contributed by atoms with Gasteiger partial charge in [0.2, 0.25) is 0 Å². The number of phenols is 1. The van der Waals surface area contributed by atoms with E-state index in [1.165, 1.54) is 0 Å². The number of halogens is 2. The average Bonchev–Trinajstić information content (AvgIpc) is 3.09. The van der Waals surface area contributed by atoms with Crippen molar-refractivity contribution in [2.75, 3.05) is 0 Å². The van der Waals surface area contributed by atoms with Crippen LogP contribution in [0, 0.1) is 0 Å². The van der Waals surface area contributed by atoms with Gasteiger partial charge in [-0.25, -0.2) is 4.68 Å². The Hall–Kier alpha value is -1.52. The zero-order valence-corrected chi connectivity index (χ0v) is 15.2. The van der Waals surface area contributed by atoms with Gasteiger partial charge in [-0.3, -0.25) is 0 Å². The second kappa shape index (κ2) is 9.58. The quantitative estimate of drug-likeness (QED) is 0.497. The van der Waals surface area contributed by atoms with Gasteiger partial charge in [0, 0.05) is 23.5 Å². The van der Waals surface area contributed by atoms with E-state index in [2.05, 4.69) is 5.10 Å². The SMILES string of the molecule is Oc1c(/C=N/n2cccc2)cccc1-c1ccccc1.[Cl][Ti][Cl]. The van der Waals surface area contributed by atoms with Gasteiger partial charge in [0.25, 0.3) is 0 Å². The van der Waals surface area contributed by atoms with Crippen LogP contribution in [-0.2, 0) is 17.0 Å². The molecule has 2 aromatic carbocycles. The zero-order chi connectivity index (χ0) is 16.5. The van der Waals surface area contributed by atoms with Gasteiger partial charge in [-0.1, -0.05) is 42.5 Å². The van der Waals surface area contributed by atoms with Crippen LogP contribution in [0.1, 0.15) is 5.56 Å². The molecule has 3 nitrogen and oxygen atoms in total. The third kappa shape index (κ3) is 5.26. The summed E-state index contributed by atoms with van der Waals surface area (Å²) in [5.74, 6) is 0.245. The fraction of sp³-hybridized carbons (Fsp3) is 0. The number of hydrogen-bond acceptors (Lipinski definition) is 2. The predicted octanol–water partition coefficient (Wildman–Crippen LogP) is 5.12. The van der Waals surface area contributed by atoms with Crippen LogP contribution < -0.4 is 0 Å². The Morgan fingerprint density at radius 1 is 0.913 bits per heavy atom. The number of benzene rings is 2. The number of para-hydroxylation sites is 1. The first-order valence-corrected chi connectivity index (χ1v) is 11.1. The van der Waals surface area contributed by atoms with E-state index in [-0.39, 0.29) is 5.75 Å². The standard InChI is InChI=1S/C17H14N2O.2ClH.Ti/c20-17-15(13-18-19-11-4-5-12-19)9-6-10-16(17)14-7-2-1-3-8-14;;;/h1-13,20H;2*1H;/q;;;+2/p-2/b18-13+;;;. The number of aromatic nitrogens is 1. The molecule has 0 atom stereocenters. The van der Waals surface area contributed by atoms with E-state index in [1.54, 1.807) is 10.9 Å². The molecule has 0 aliphatic rings. The topological polar surface area (TPSA) is 37.5 Å². The van der Waals surface area contributed by atoms with E-state index in [0.29, 0.717) is 5.56 Å². The van der Waals surface area contributed by atoms with Crippen molar-refractivity contribution in [2.24, 2.45) is 5.10 Å². The van der Waals surface area contributed by atoms with Crippen molar-refractivity contribution in [1.82, 2.24) is 4.68 Å². The van der Waals surface area contributed by atoms with Crippen molar-refractivity contribution in [1.29, 1.82) is 0 Å². The van der Waals surface area contributed by atoms with E-state index < -0.39 is 17.0 Å². The maximum atomic E-state index is 10.4. The summed E-state index contributed by atoms with van der Waals surface area (Å²) < 4.78 is 1.69. The molecule has 3 rings (SSSR count). The Kier molecular flexibility index (Phi) is 7.43. The summed E-state index contributed by atoms with van der Waals surface area (Å²) in [5, 5.41) is 14.6. The predicted molar refractivity (Wildman–Crippen MR) is 92.7 cm³/mol. The van der Waals surface area contributed by atoms with Gasteiger partial charge in [-0.05, 0) is 23.8 Å². The summed E-state index contributed by atoms with van der Waals surface area (Å²) in [7, 11) is 9.78. The molecule has 1 aromatic heterocycles. The summed E-state index contributed by atoms with van der Waals surface area (Å²) in [6.07, 6.45) is 5.34. The fourth-order valence-electron chi connectivity index (χ4n) is 2.05. The van der Waals surface area contributed by atoms with Crippen LogP contribution in [0.5, 0.6) is 5.75 Å². The van der Waals surface area contributed by atoms with Gasteiger partial charge in [0.15, 0.2) is 0 Å². The first-order chi connectivity index (χ1) is 11.3. The van der Waals surface area contributed by atoms with Crippen LogP contribution in [0.2, 0.25) is 0 Å². The monoisotopic (exact) mass is 380 g/mol. The number of rotatable bonds is 3. The van der Waals surface area contributed by atoms with Gasteiger partial charge in [-0.15, -0.1) is 0 Å². The van der Waals surface area contributed by atoms with Crippen LogP contribution in [0.4, 0.5) is 0 Å². The van der Waals surface area contributed by atoms with E-state index in [1.807, 2.05) is 73.1 Å². The molecule has 0 radical (unpaired) electrons. The van der Waals surface area contributed by atoms with Crippen molar-refractivity contribution < 1.29 is 22.1 Å². The van der Waals surface area contributed by atoms with Crippen LogP contribution in [0.25, 0.3) is 11.1 Å². The molecule has 3 aromatic rings. The summed E-state index contributed by atoms with van der Waals surface area (Å²) >= 11 is -0.556. The molecule has 0 amide bonds. The number of hydrogen-bond donors (Lipinski definition) is 1. The summed E-state index contributed by atoms with van der Waals surface area (Å²) in [4.78, 5) is 0. The van der Waals surface area contributed by atoms with Crippen LogP contribution in [-0.4, -0.2) is 16.0 Å². The van der Waals surface area contributed by atoms with Gasteiger partial charge in [0.1, 0.15) is 5.75 Å². The van der Waals surface area contributed by atoms with Crippen LogP contribution >= 0.6 is 18.6 Å². The molecule has 116 valence electrons. The van der Waals surface area contributed by atoms with E-state index in [4.69, 9.17) is 18.6 Å². The zero-order valence-electron chi connectivity index (χ0n) is 12.1. The molecular formula is C17H14Cl2N2OTi. The van der Waals surface area contributed by atoms with E-state index in [9.17, 15) is 5.11 Å². The average molecular weight is 381 g/mol. The minimum atomic E-state index is -0.556. The number of aromatic hydroxyl groups is 1. The molecule has 6 heteroatoms. The Morgan fingerprint density at radius 2 is 1.57 bits per heavy atom. The normalized spacial score (nSPS) is 10.2. The Bertz CT molecular complexity index is 747. The van der Waals surface area contributed by atoms with Crippen LogP contribution in [0.3, 0.4) is 0 Å². The van der Waals surface area contributed by atoms with Gasteiger partial charge < -0.3 is 5.11 Å².